The van der Waals surface area contributed by atoms with Crippen LogP contribution in [-0.2, 0) is 17.6 Å². The van der Waals surface area contributed by atoms with Crippen molar-refractivity contribution in [1.29, 1.82) is 0 Å². The maximum atomic E-state index is 11.9. The van der Waals surface area contributed by atoms with Crippen LogP contribution in [0.15, 0.2) is 53.3 Å². The highest BCUT2D eigenvalue weighted by Gasteiger charge is 2.10. The molecule has 0 aliphatic heterocycles. The highest BCUT2D eigenvalue weighted by Crippen LogP contribution is 2.22. The Balaban J connectivity index is 1.50. The number of carbonyl (C=O) groups excluding carboxylic acids is 1. The Hall–Kier alpha value is -2.99. The largest absolute Gasteiger partial charge is 0.493 e. The first-order valence-corrected chi connectivity index (χ1v) is 8.51. The zero-order valence-electron chi connectivity index (χ0n) is 13.9. The Labute approximate surface area is 154 Å². The summed E-state index contributed by atoms with van der Waals surface area (Å²) >= 11 is 5.90. The zero-order chi connectivity index (χ0) is 18.5. The first-order chi connectivity index (χ1) is 12.5. The molecular formula is C19H18ClN3O3. The molecule has 134 valence electrons. The van der Waals surface area contributed by atoms with Gasteiger partial charge in [0.25, 0.3) is 0 Å². The van der Waals surface area contributed by atoms with Gasteiger partial charge in [-0.25, -0.2) is 4.79 Å². The number of hydrogen-bond acceptors (Lipinski definition) is 3. The summed E-state index contributed by atoms with van der Waals surface area (Å²) in [5, 5.41) is 12.9. The number of nitrogens with one attached hydrogen (secondary N) is 3. The number of hydrogen-bond donors (Lipinski definition) is 4. The van der Waals surface area contributed by atoms with Crippen LogP contribution >= 0.6 is 11.6 Å². The Bertz CT molecular complexity index is 943. The average Bonchev–Trinajstić information content (AvgIpc) is 2.93. The van der Waals surface area contributed by atoms with Crippen molar-refractivity contribution in [2.45, 2.75) is 12.8 Å². The molecule has 3 aromatic rings. The SMILES string of the molecule is O=C(Cc1[nH]c(=O)[nH]c1O)NCCc1ccc(-c2ccc(Cl)cc2)cc1. The number of H-pyrrole nitrogens is 2. The number of benzene rings is 2. The molecule has 0 unspecified atom stereocenters. The van der Waals surface area contributed by atoms with E-state index in [1.54, 1.807) is 0 Å². The molecule has 0 aliphatic carbocycles. The molecule has 4 N–H and O–H groups in total. The predicted octanol–water partition coefficient (Wildman–Crippen LogP) is 2.63. The second-order valence-corrected chi connectivity index (χ2v) is 6.32. The molecule has 26 heavy (non-hydrogen) atoms. The third-order valence-corrected chi connectivity index (χ3v) is 4.24. The summed E-state index contributed by atoms with van der Waals surface area (Å²) in [5.74, 6) is -0.573. The summed E-state index contributed by atoms with van der Waals surface area (Å²) < 4.78 is 0. The molecular weight excluding hydrogens is 354 g/mol. The van der Waals surface area contributed by atoms with E-state index in [2.05, 4.69) is 15.3 Å². The minimum absolute atomic E-state index is 0.0833. The normalized spacial score (nSPS) is 10.7. The van der Waals surface area contributed by atoms with Crippen LogP contribution in [0, 0.1) is 0 Å². The lowest BCUT2D eigenvalue weighted by atomic mass is 10.0. The van der Waals surface area contributed by atoms with Gasteiger partial charge in [0.15, 0.2) is 0 Å². The molecule has 0 spiro atoms. The van der Waals surface area contributed by atoms with Gasteiger partial charge in [-0.2, -0.15) is 0 Å². The molecule has 0 fully saturated rings. The van der Waals surface area contributed by atoms with Gasteiger partial charge in [0, 0.05) is 11.6 Å². The zero-order valence-corrected chi connectivity index (χ0v) is 14.6. The van der Waals surface area contributed by atoms with Gasteiger partial charge in [0.1, 0.15) is 0 Å². The van der Waals surface area contributed by atoms with Gasteiger partial charge in [0.2, 0.25) is 11.8 Å². The quantitative estimate of drug-likeness (QED) is 0.536. The topological polar surface area (TPSA) is 98.0 Å². The number of aromatic nitrogens is 2. The fraction of sp³-hybridized carbons (Fsp3) is 0.158. The summed E-state index contributed by atoms with van der Waals surface area (Å²) in [5.41, 5.74) is 2.93. The van der Waals surface area contributed by atoms with E-state index in [9.17, 15) is 14.7 Å². The van der Waals surface area contributed by atoms with Crippen molar-refractivity contribution in [3.8, 4) is 17.0 Å². The molecule has 0 saturated carbocycles. The third-order valence-electron chi connectivity index (χ3n) is 3.99. The Morgan fingerprint density at radius 3 is 2.19 bits per heavy atom. The molecule has 0 saturated heterocycles. The summed E-state index contributed by atoms with van der Waals surface area (Å²) in [6, 6.07) is 15.8. The number of aromatic amines is 2. The number of aromatic hydroxyl groups is 1. The van der Waals surface area contributed by atoms with Gasteiger partial charge in [-0.05, 0) is 35.2 Å². The van der Waals surface area contributed by atoms with Crippen LogP contribution < -0.4 is 11.0 Å². The lowest BCUT2D eigenvalue weighted by Crippen LogP contribution is -2.27. The van der Waals surface area contributed by atoms with Crippen molar-refractivity contribution in [2.75, 3.05) is 6.54 Å². The molecule has 1 heterocycles. The van der Waals surface area contributed by atoms with Crippen molar-refractivity contribution in [1.82, 2.24) is 15.3 Å². The average molecular weight is 372 g/mol. The van der Waals surface area contributed by atoms with Gasteiger partial charge < -0.3 is 15.4 Å². The second-order valence-electron chi connectivity index (χ2n) is 5.89. The van der Waals surface area contributed by atoms with Crippen LogP contribution in [0.2, 0.25) is 5.02 Å². The maximum Gasteiger partial charge on any atom is 0.325 e. The van der Waals surface area contributed by atoms with E-state index in [4.69, 9.17) is 11.6 Å². The lowest BCUT2D eigenvalue weighted by Gasteiger charge is -2.07. The number of carbonyl (C=O) groups is 1. The molecule has 3 rings (SSSR count). The van der Waals surface area contributed by atoms with E-state index in [-0.39, 0.29) is 23.9 Å². The molecule has 1 aromatic heterocycles. The van der Waals surface area contributed by atoms with E-state index in [0.717, 1.165) is 16.7 Å². The molecule has 0 bridgehead atoms. The molecule has 6 nitrogen and oxygen atoms in total. The first kappa shape index (κ1) is 17.8. The van der Waals surface area contributed by atoms with Gasteiger partial charge in [-0.3, -0.25) is 9.78 Å². The number of rotatable bonds is 6. The Morgan fingerprint density at radius 1 is 1.00 bits per heavy atom. The molecule has 1 amide bonds. The van der Waals surface area contributed by atoms with Crippen molar-refractivity contribution < 1.29 is 9.90 Å². The van der Waals surface area contributed by atoms with E-state index in [1.807, 2.05) is 48.5 Å². The van der Waals surface area contributed by atoms with Crippen LogP contribution in [0.5, 0.6) is 5.88 Å². The Morgan fingerprint density at radius 2 is 1.62 bits per heavy atom. The smallest absolute Gasteiger partial charge is 0.325 e. The maximum absolute atomic E-state index is 11.9. The second kappa shape index (κ2) is 7.93. The van der Waals surface area contributed by atoms with Crippen LogP contribution in [0.3, 0.4) is 0 Å². The van der Waals surface area contributed by atoms with Gasteiger partial charge in [-0.15, -0.1) is 0 Å². The lowest BCUT2D eigenvalue weighted by molar-refractivity contribution is -0.120. The van der Waals surface area contributed by atoms with Crippen molar-refractivity contribution in [3.05, 3.63) is 75.3 Å². The minimum Gasteiger partial charge on any atom is -0.493 e. The summed E-state index contributed by atoms with van der Waals surface area (Å²) in [4.78, 5) is 27.4. The number of imidazole rings is 1. The molecule has 0 radical (unpaired) electrons. The van der Waals surface area contributed by atoms with Crippen LogP contribution in [0.25, 0.3) is 11.1 Å². The predicted molar refractivity (Wildman–Crippen MR) is 100 cm³/mol. The summed E-state index contributed by atoms with van der Waals surface area (Å²) in [6.07, 6.45) is 0.600. The van der Waals surface area contributed by atoms with Crippen molar-refractivity contribution in [3.63, 3.8) is 0 Å². The van der Waals surface area contributed by atoms with Crippen LogP contribution in [0.4, 0.5) is 0 Å². The van der Waals surface area contributed by atoms with Crippen LogP contribution in [-0.4, -0.2) is 27.5 Å². The fourth-order valence-corrected chi connectivity index (χ4v) is 2.74. The van der Waals surface area contributed by atoms with Crippen molar-refractivity contribution in [2.24, 2.45) is 0 Å². The monoisotopic (exact) mass is 371 g/mol. The first-order valence-electron chi connectivity index (χ1n) is 8.13. The van der Waals surface area contributed by atoms with E-state index in [1.165, 1.54) is 0 Å². The number of amides is 1. The highest BCUT2D eigenvalue weighted by atomic mass is 35.5. The van der Waals surface area contributed by atoms with Gasteiger partial charge >= 0.3 is 5.69 Å². The Kier molecular flexibility index (Phi) is 5.43. The fourth-order valence-electron chi connectivity index (χ4n) is 2.61. The molecule has 2 aromatic carbocycles. The van der Waals surface area contributed by atoms with Crippen LogP contribution in [0.1, 0.15) is 11.3 Å². The summed E-state index contributed by atoms with van der Waals surface area (Å²) in [6.45, 7) is 0.467. The van der Waals surface area contributed by atoms with E-state index in [0.29, 0.717) is 18.0 Å². The van der Waals surface area contributed by atoms with E-state index >= 15 is 0 Å². The van der Waals surface area contributed by atoms with Gasteiger partial charge in [0.05, 0.1) is 12.1 Å². The molecule has 0 atom stereocenters. The van der Waals surface area contributed by atoms with Crippen molar-refractivity contribution >= 4 is 17.5 Å². The standard InChI is InChI=1S/C19H18ClN3O3/c20-15-7-5-14(6-8-15)13-3-1-12(2-4-13)9-10-21-17(24)11-16-18(25)23-19(26)22-16/h1-8,25H,9-11H2,(H,21,24)(H2,22,23,26). The third kappa shape index (κ3) is 4.55. The highest BCUT2D eigenvalue weighted by molar-refractivity contribution is 6.30. The van der Waals surface area contributed by atoms with Gasteiger partial charge in [-0.1, -0.05) is 48.0 Å². The molecule has 0 aliphatic rings. The number of halogens is 1. The van der Waals surface area contributed by atoms with E-state index < -0.39 is 5.69 Å². The minimum atomic E-state index is -0.536. The summed E-state index contributed by atoms with van der Waals surface area (Å²) in [7, 11) is 0. The molecule has 7 heteroatoms.